The minimum absolute atomic E-state index is 0.00191. The lowest BCUT2D eigenvalue weighted by molar-refractivity contribution is 0.0607. The van der Waals surface area contributed by atoms with Crippen molar-refractivity contribution in [3.63, 3.8) is 0 Å². The number of hydrogen-bond donors (Lipinski definition) is 1. The van der Waals surface area contributed by atoms with Gasteiger partial charge in [0.05, 0.1) is 10.7 Å². The average Bonchev–Trinajstić information content (AvgIpc) is 3.02. The van der Waals surface area contributed by atoms with Crippen LogP contribution in [-0.2, 0) is 14.5 Å². The molecule has 0 bridgehead atoms. The van der Waals surface area contributed by atoms with Crippen molar-refractivity contribution in [1.82, 2.24) is 14.9 Å². The van der Waals surface area contributed by atoms with Crippen molar-refractivity contribution in [3.05, 3.63) is 70.0 Å². The third-order valence-electron chi connectivity index (χ3n) is 8.73. The lowest BCUT2D eigenvalue weighted by Gasteiger charge is -2.37. The van der Waals surface area contributed by atoms with Gasteiger partial charge in [0.15, 0.2) is 5.03 Å². The second-order valence-electron chi connectivity index (χ2n) is 13.6. The van der Waals surface area contributed by atoms with Crippen molar-refractivity contribution in [2.75, 3.05) is 60.6 Å². The molecule has 48 heavy (non-hydrogen) atoms. The van der Waals surface area contributed by atoms with E-state index in [9.17, 15) is 13.8 Å². The van der Waals surface area contributed by atoms with Gasteiger partial charge in [-0.05, 0) is 95.3 Å². The summed E-state index contributed by atoms with van der Waals surface area (Å²) >= 11 is 6.40. The molecule has 258 valence electrons. The number of nitrogens with one attached hydrogen (secondary N) is 1. The van der Waals surface area contributed by atoms with Gasteiger partial charge in [-0.15, -0.1) is 4.36 Å². The molecule has 2 saturated heterocycles. The smallest absolute Gasteiger partial charge is 0.442 e. The summed E-state index contributed by atoms with van der Waals surface area (Å²) in [5, 5.41) is 4.66. The molecule has 0 spiro atoms. The van der Waals surface area contributed by atoms with Gasteiger partial charge < -0.3 is 24.8 Å². The van der Waals surface area contributed by atoms with Gasteiger partial charge in [-0.25, -0.2) is 19.0 Å². The first kappa shape index (κ1) is 35.4. The van der Waals surface area contributed by atoms with E-state index in [2.05, 4.69) is 37.5 Å². The third-order valence-corrected chi connectivity index (χ3v) is 10.6. The van der Waals surface area contributed by atoms with Crippen LogP contribution in [0, 0.1) is 20.8 Å². The van der Waals surface area contributed by atoms with E-state index in [0.29, 0.717) is 36.9 Å². The molecule has 3 aromatic rings. The fourth-order valence-electron chi connectivity index (χ4n) is 6.48. The summed E-state index contributed by atoms with van der Waals surface area (Å²) in [6, 6.07) is 9.67. The highest BCUT2D eigenvalue weighted by atomic mass is 35.5. The molecule has 0 saturated carbocycles. The molecule has 1 unspecified atom stereocenters. The Kier molecular flexibility index (Phi) is 10.5. The summed E-state index contributed by atoms with van der Waals surface area (Å²) < 4.78 is 22.8. The highest BCUT2D eigenvalue weighted by Gasteiger charge is 2.30. The van der Waals surface area contributed by atoms with Gasteiger partial charge >= 0.3 is 6.09 Å². The molecule has 2 aliphatic rings. The standard InChI is InChI=1S/C35H46ClN7O4S/c1-23-22-24(2)30(39-26-12-16-42(17-13-26)31-27(36)10-8-14-37-31)25(3)29(23)33(44)43-20-18-41(19-21-43)28-11-9-15-38-32(28)48(7,46)40-34(45)47-35(4,5)6/h8-11,14-15,22,26,39H,12-13,16-21H2,1-7H3. The van der Waals surface area contributed by atoms with Gasteiger partial charge in [-0.3, -0.25) is 4.79 Å². The molecule has 2 aliphatic heterocycles. The van der Waals surface area contributed by atoms with Gasteiger partial charge in [-0.1, -0.05) is 17.7 Å². The van der Waals surface area contributed by atoms with Crippen molar-refractivity contribution in [2.24, 2.45) is 4.36 Å². The topological polar surface area (TPSA) is 120 Å². The Hall–Kier alpha value is -3.90. The summed E-state index contributed by atoms with van der Waals surface area (Å²) in [6.45, 7) is 15.0. The Balaban J connectivity index is 1.27. The Labute approximate surface area is 289 Å². The zero-order chi connectivity index (χ0) is 34.8. The van der Waals surface area contributed by atoms with Crippen molar-refractivity contribution in [2.45, 2.75) is 71.1 Å². The van der Waals surface area contributed by atoms with Crippen LogP contribution in [0.25, 0.3) is 0 Å². The Morgan fingerprint density at radius 2 is 1.60 bits per heavy atom. The van der Waals surface area contributed by atoms with Crippen molar-refractivity contribution in [3.8, 4) is 0 Å². The lowest BCUT2D eigenvalue weighted by Crippen LogP contribution is -2.49. The number of rotatable bonds is 6. The van der Waals surface area contributed by atoms with Gasteiger partial charge in [0.2, 0.25) is 0 Å². The molecule has 2 amide bonds. The molecule has 1 aromatic carbocycles. The molecule has 0 aliphatic carbocycles. The largest absolute Gasteiger partial charge is 0.442 e. The van der Waals surface area contributed by atoms with Crippen molar-refractivity contribution >= 4 is 50.5 Å². The zero-order valence-electron chi connectivity index (χ0n) is 28.9. The second-order valence-corrected chi connectivity index (χ2v) is 16.2. The van der Waals surface area contributed by atoms with Crippen LogP contribution < -0.4 is 15.1 Å². The Bertz CT molecular complexity index is 1800. The third kappa shape index (κ3) is 8.03. The SMILES string of the molecule is Cc1cc(C)c(C(=O)N2CCN(c3cccnc3S(C)(=O)=NC(=O)OC(C)(C)C)CC2)c(C)c1NC1CCN(c2ncccc2Cl)CC1. The number of hydrogen-bond acceptors (Lipinski definition) is 9. The Morgan fingerprint density at radius 1 is 0.958 bits per heavy atom. The number of carbonyl (C=O) groups is 2. The van der Waals surface area contributed by atoms with Crippen LogP contribution in [0.4, 0.5) is 22.0 Å². The highest BCUT2D eigenvalue weighted by Crippen LogP contribution is 2.32. The number of aryl methyl sites for hydroxylation is 2. The number of ether oxygens (including phenoxy) is 1. The van der Waals surface area contributed by atoms with Crippen LogP contribution in [0.2, 0.25) is 5.02 Å². The number of anilines is 3. The van der Waals surface area contributed by atoms with E-state index in [1.54, 1.807) is 39.2 Å². The number of amides is 2. The molecule has 13 heteroatoms. The van der Waals surface area contributed by atoms with Gasteiger partial charge in [-0.2, -0.15) is 0 Å². The lowest BCUT2D eigenvalue weighted by atomic mass is 9.94. The van der Waals surface area contributed by atoms with Gasteiger partial charge in [0, 0.05) is 75.2 Å². The predicted molar refractivity (Wildman–Crippen MR) is 192 cm³/mol. The molecule has 1 N–H and O–H groups in total. The summed E-state index contributed by atoms with van der Waals surface area (Å²) in [5.74, 6) is 0.824. The monoisotopic (exact) mass is 695 g/mol. The summed E-state index contributed by atoms with van der Waals surface area (Å²) in [4.78, 5) is 41.5. The summed E-state index contributed by atoms with van der Waals surface area (Å²) in [7, 11) is -3.19. The Morgan fingerprint density at radius 3 is 2.25 bits per heavy atom. The van der Waals surface area contributed by atoms with E-state index >= 15 is 0 Å². The minimum atomic E-state index is -3.19. The van der Waals surface area contributed by atoms with Crippen LogP contribution in [0.5, 0.6) is 0 Å². The highest BCUT2D eigenvalue weighted by molar-refractivity contribution is 7.93. The molecular weight excluding hydrogens is 650 g/mol. The van der Waals surface area contributed by atoms with Crippen LogP contribution in [-0.4, -0.2) is 88.2 Å². The van der Waals surface area contributed by atoms with E-state index in [1.807, 2.05) is 41.8 Å². The quantitative estimate of drug-likeness (QED) is 0.309. The average molecular weight is 696 g/mol. The maximum Gasteiger partial charge on any atom is 0.442 e. The number of halogens is 1. The van der Waals surface area contributed by atoms with Crippen LogP contribution >= 0.6 is 11.6 Å². The molecule has 11 nitrogen and oxygen atoms in total. The summed E-state index contributed by atoms with van der Waals surface area (Å²) in [6.07, 6.45) is 5.68. The van der Waals surface area contributed by atoms with Gasteiger partial charge in [0.25, 0.3) is 5.91 Å². The first-order chi connectivity index (χ1) is 22.6. The minimum Gasteiger partial charge on any atom is -0.442 e. The molecule has 2 fully saturated rings. The normalized spacial score (nSPS) is 17.1. The van der Waals surface area contributed by atoms with Crippen LogP contribution in [0.15, 0.2) is 52.1 Å². The van der Waals surface area contributed by atoms with Crippen molar-refractivity contribution < 1.29 is 18.5 Å². The fraction of sp³-hybridized carbons (Fsp3) is 0.486. The molecule has 5 rings (SSSR count). The molecular formula is C35H46ClN7O4S. The van der Waals surface area contributed by atoms with Crippen molar-refractivity contribution in [1.29, 1.82) is 0 Å². The fourth-order valence-corrected chi connectivity index (χ4v) is 7.97. The number of piperidine rings is 1. The predicted octanol–water partition coefficient (Wildman–Crippen LogP) is 6.49. The molecule has 0 radical (unpaired) electrons. The van der Waals surface area contributed by atoms with E-state index in [0.717, 1.165) is 59.7 Å². The number of benzene rings is 1. The number of piperazine rings is 1. The number of pyridine rings is 2. The molecule has 4 heterocycles. The number of aromatic nitrogens is 2. The zero-order valence-corrected chi connectivity index (χ0v) is 30.5. The molecule has 1 atom stereocenters. The number of carbonyl (C=O) groups excluding carboxylic acids is 2. The summed E-state index contributed by atoms with van der Waals surface area (Å²) in [5.41, 5.74) is 4.64. The van der Waals surface area contributed by atoms with Crippen LogP contribution in [0.1, 0.15) is 60.7 Å². The first-order valence-electron chi connectivity index (χ1n) is 16.3. The van der Waals surface area contributed by atoms with Gasteiger partial charge in [0.1, 0.15) is 21.1 Å². The van der Waals surface area contributed by atoms with E-state index in [1.165, 1.54) is 6.26 Å². The maximum absolute atomic E-state index is 14.1. The van der Waals surface area contributed by atoms with E-state index in [4.69, 9.17) is 16.3 Å². The second kappa shape index (κ2) is 14.3. The maximum atomic E-state index is 14.1. The van der Waals surface area contributed by atoms with E-state index < -0.39 is 21.4 Å². The van der Waals surface area contributed by atoms with Crippen LogP contribution in [0.3, 0.4) is 0 Å². The van der Waals surface area contributed by atoms with E-state index in [-0.39, 0.29) is 17.0 Å². The molecule has 2 aromatic heterocycles. The number of nitrogens with zero attached hydrogens (tertiary/aromatic N) is 6. The first-order valence-corrected chi connectivity index (χ1v) is 18.6.